The third kappa shape index (κ3) is 4.20. The fraction of sp³-hybridized carbons (Fsp3) is 0.474. The van der Waals surface area contributed by atoms with Crippen LogP contribution in [0.2, 0.25) is 0 Å². The van der Waals surface area contributed by atoms with E-state index in [1.807, 2.05) is 29.7 Å². The number of nitrogens with one attached hydrogen (secondary N) is 1. The Kier molecular flexibility index (Phi) is 5.61. The number of hydrogen-bond donors (Lipinski definition) is 1. The third-order valence-corrected chi connectivity index (χ3v) is 5.69. The molecule has 1 heterocycles. The fourth-order valence-corrected chi connectivity index (χ4v) is 3.95. The van der Waals surface area contributed by atoms with Gasteiger partial charge in [-0.25, -0.2) is 0 Å². The summed E-state index contributed by atoms with van der Waals surface area (Å²) < 4.78 is 1.91. The van der Waals surface area contributed by atoms with Crippen LogP contribution >= 0.6 is 11.8 Å². The van der Waals surface area contributed by atoms with E-state index in [4.69, 9.17) is 0 Å². The average molecular weight is 343 g/mol. The molecule has 0 saturated heterocycles. The van der Waals surface area contributed by atoms with Gasteiger partial charge < -0.3 is 5.32 Å². The SMILES string of the molecule is Cc1ccc(CSCCNC(=O)C2CCc3cnn(C)c3C2)cc1. The second-order valence-electron chi connectivity index (χ2n) is 6.51. The summed E-state index contributed by atoms with van der Waals surface area (Å²) in [6.45, 7) is 2.84. The number of fused-ring (bicyclic) bond motifs is 1. The molecule has 5 heteroatoms. The van der Waals surface area contributed by atoms with Crippen LogP contribution in [0.3, 0.4) is 0 Å². The van der Waals surface area contributed by atoms with Crippen molar-refractivity contribution in [3.05, 3.63) is 52.8 Å². The van der Waals surface area contributed by atoms with Crippen LogP contribution in [0.4, 0.5) is 0 Å². The zero-order chi connectivity index (χ0) is 16.9. The predicted molar refractivity (Wildman–Crippen MR) is 99.1 cm³/mol. The highest BCUT2D eigenvalue weighted by Crippen LogP contribution is 2.25. The Morgan fingerprint density at radius 2 is 2.17 bits per heavy atom. The molecule has 3 rings (SSSR count). The van der Waals surface area contributed by atoms with E-state index in [0.717, 1.165) is 37.3 Å². The zero-order valence-electron chi connectivity index (χ0n) is 14.4. The van der Waals surface area contributed by atoms with Gasteiger partial charge in [0, 0.05) is 43.1 Å². The monoisotopic (exact) mass is 343 g/mol. The lowest BCUT2D eigenvalue weighted by molar-refractivity contribution is -0.125. The van der Waals surface area contributed by atoms with Crippen LogP contribution in [0.25, 0.3) is 0 Å². The highest BCUT2D eigenvalue weighted by molar-refractivity contribution is 7.98. The molecule has 0 saturated carbocycles. The Bertz CT molecular complexity index is 693. The number of benzene rings is 1. The van der Waals surface area contributed by atoms with Gasteiger partial charge in [-0.3, -0.25) is 9.48 Å². The molecule has 0 fully saturated rings. The van der Waals surface area contributed by atoms with Crippen molar-refractivity contribution in [3.8, 4) is 0 Å². The van der Waals surface area contributed by atoms with Gasteiger partial charge in [-0.1, -0.05) is 29.8 Å². The van der Waals surface area contributed by atoms with Gasteiger partial charge in [0.05, 0.1) is 6.20 Å². The van der Waals surface area contributed by atoms with Crippen molar-refractivity contribution in [3.63, 3.8) is 0 Å². The number of thioether (sulfide) groups is 1. The van der Waals surface area contributed by atoms with E-state index in [9.17, 15) is 4.79 Å². The summed E-state index contributed by atoms with van der Waals surface area (Å²) in [7, 11) is 1.96. The van der Waals surface area contributed by atoms with Gasteiger partial charge in [0.25, 0.3) is 0 Å². The lowest BCUT2D eigenvalue weighted by Gasteiger charge is -2.22. The second kappa shape index (κ2) is 7.88. The molecule has 1 amide bonds. The van der Waals surface area contributed by atoms with Gasteiger partial charge in [-0.05, 0) is 30.9 Å². The number of rotatable bonds is 6. The summed E-state index contributed by atoms with van der Waals surface area (Å²) in [5.74, 6) is 2.23. The maximum Gasteiger partial charge on any atom is 0.223 e. The van der Waals surface area contributed by atoms with Crippen LogP contribution in [0.5, 0.6) is 0 Å². The van der Waals surface area contributed by atoms with Crippen LogP contribution in [-0.2, 0) is 30.4 Å². The predicted octanol–water partition coefficient (Wildman–Crippen LogP) is 2.88. The molecule has 1 aromatic heterocycles. The quantitative estimate of drug-likeness (QED) is 0.821. The Hall–Kier alpha value is -1.75. The van der Waals surface area contributed by atoms with E-state index < -0.39 is 0 Å². The van der Waals surface area contributed by atoms with Gasteiger partial charge >= 0.3 is 0 Å². The maximum absolute atomic E-state index is 12.4. The van der Waals surface area contributed by atoms with Crippen molar-refractivity contribution >= 4 is 17.7 Å². The van der Waals surface area contributed by atoms with E-state index in [2.05, 4.69) is 41.6 Å². The van der Waals surface area contributed by atoms with Gasteiger partial charge in [-0.2, -0.15) is 16.9 Å². The zero-order valence-corrected chi connectivity index (χ0v) is 15.2. The molecule has 0 radical (unpaired) electrons. The molecule has 1 N–H and O–H groups in total. The first-order valence-electron chi connectivity index (χ1n) is 8.54. The molecule has 1 atom stereocenters. The van der Waals surface area contributed by atoms with Crippen LogP contribution in [-0.4, -0.2) is 28.0 Å². The highest BCUT2D eigenvalue weighted by Gasteiger charge is 2.26. The van der Waals surface area contributed by atoms with Crippen LogP contribution in [0, 0.1) is 12.8 Å². The maximum atomic E-state index is 12.4. The number of amides is 1. The van der Waals surface area contributed by atoms with E-state index >= 15 is 0 Å². The van der Waals surface area contributed by atoms with Crippen LogP contribution < -0.4 is 5.32 Å². The molecule has 24 heavy (non-hydrogen) atoms. The summed E-state index contributed by atoms with van der Waals surface area (Å²) in [6, 6.07) is 8.64. The lowest BCUT2D eigenvalue weighted by Crippen LogP contribution is -2.35. The molecule has 0 spiro atoms. The molecule has 1 aliphatic carbocycles. The number of carbonyl (C=O) groups is 1. The molecule has 128 valence electrons. The molecular weight excluding hydrogens is 318 g/mol. The minimum absolute atomic E-state index is 0.0926. The van der Waals surface area contributed by atoms with Gasteiger partial charge in [-0.15, -0.1) is 0 Å². The molecule has 0 bridgehead atoms. The van der Waals surface area contributed by atoms with Crippen LogP contribution in [0.15, 0.2) is 30.5 Å². The van der Waals surface area contributed by atoms with E-state index in [0.29, 0.717) is 0 Å². The number of aromatic nitrogens is 2. The van der Waals surface area contributed by atoms with Crippen molar-refractivity contribution in [2.45, 2.75) is 31.9 Å². The molecule has 1 unspecified atom stereocenters. The second-order valence-corrected chi connectivity index (χ2v) is 7.61. The van der Waals surface area contributed by atoms with Crippen molar-refractivity contribution < 1.29 is 4.79 Å². The third-order valence-electron chi connectivity index (χ3n) is 4.66. The van der Waals surface area contributed by atoms with Crippen molar-refractivity contribution in [1.82, 2.24) is 15.1 Å². The largest absolute Gasteiger partial charge is 0.355 e. The van der Waals surface area contributed by atoms with Gasteiger partial charge in [0.2, 0.25) is 5.91 Å². The summed E-state index contributed by atoms with van der Waals surface area (Å²) in [6.07, 6.45) is 4.64. The van der Waals surface area contributed by atoms with Crippen LogP contribution in [0.1, 0.15) is 28.8 Å². The number of carbonyl (C=O) groups excluding carboxylic acids is 1. The first-order chi connectivity index (χ1) is 11.6. The van der Waals surface area contributed by atoms with Gasteiger partial charge in [0.1, 0.15) is 0 Å². The van der Waals surface area contributed by atoms with E-state index in [-0.39, 0.29) is 11.8 Å². The normalized spacial score (nSPS) is 16.7. The molecule has 2 aromatic rings. The topological polar surface area (TPSA) is 46.9 Å². The molecule has 1 aliphatic rings. The summed E-state index contributed by atoms with van der Waals surface area (Å²) in [5.41, 5.74) is 5.15. The lowest BCUT2D eigenvalue weighted by atomic mass is 9.87. The highest BCUT2D eigenvalue weighted by atomic mass is 32.2. The first kappa shape index (κ1) is 17.1. The minimum atomic E-state index is 0.0926. The Morgan fingerprint density at radius 3 is 2.96 bits per heavy atom. The van der Waals surface area contributed by atoms with Gasteiger partial charge in [0.15, 0.2) is 0 Å². The molecule has 4 nitrogen and oxygen atoms in total. The summed E-state index contributed by atoms with van der Waals surface area (Å²) >= 11 is 1.86. The van der Waals surface area contributed by atoms with E-state index in [1.165, 1.54) is 22.4 Å². The van der Waals surface area contributed by atoms with E-state index in [1.54, 1.807) is 0 Å². The minimum Gasteiger partial charge on any atom is -0.355 e. The summed E-state index contributed by atoms with van der Waals surface area (Å²) in [5, 5.41) is 7.40. The number of hydrogen-bond acceptors (Lipinski definition) is 3. The Morgan fingerprint density at radius 1 is 1.38 bits per heavy atom. The van der Waals surface area contributed by atoms with Crippen molar-refractivity contribution in [1.29, 1.82) is 0 Å². The standard InChI is InChI=1S/C19H25N3OS/c1-14-3-5-15(6-4-14)13-24-10-9-20-19(23)16-7-8-17-12-21-22(2)18(17)11-16/h3-6,12,16H,7-11,13H2,1-2H3,(H,20,23). The molecular formula is C19H25N3OS. The molecule has 0 aliphatic heterocycles. The molecule has 1 aromatic carbocycles. The smallest absolute Gasteiger partial charge is 0.223 e. The summed E-state index contributed by atoms with van der Waals surface area (Å²) in [4.78, 5) is 12.4. The Labute approximate surface area is 148 Å². The Balaban J connectivity index is 1.37. The fourth-order valence-electron chi connectivity index (χ4n) is 3.13. The first-order valence-corrected chi connectivity index (χ1v) is 9.69. The average Bonchev–Trinajstić information content (AvgIpc) is 2.97. The van der Waals surface area contributed by atoms with Crippen molar-refractivity contribution in [2.24, 2.45) is 13.0 Å². The number of aryl methyl sites for hydroxylation is 3. The number of nitrogens with zero attached hydrogens (tertiary/aromatic N) is 2. The van der Waals surface area contributed by atoms with Crippen molar-refractivity contribution in [2.75, 3.05) is 12.3 Å².